The third kappa shape index (κ3) is 1.18. The number of nitrogens with one attached hydrogen (secondary N) is 1. The van der Waals surface area contributed by atoms with Crippen molar-refractivity contribution in [3.8, 4) is 0 Å². The van der Waals surface area contributed by atoms with Crippen LogP contribution in [-0.4, -0.2) is 35.4 Å². The molecule has 0 spiro atoms. The molecule has 2 rings (SSSR count). The summed E-state index contributed by atoms with van der Waals surface area (Å²) in [7, 11) is 0. The Labute approximate surface area is 65.2 Å². The van der Waals surface area contributed by atoms with Crippen LogP contribution in [0.15, 0.2) is 0 Å². The Morgan fingerprint density at radius 1 is 1.64 bits per heavy atom. The number of nitrogens with zero attached hydrogens (tertiary/aromatic N) is 1. The van der Waals surface area contributed by atoms with E-state index in [2.05, 4.69) is 10.2 Å². The second kappa shape index (κ2) is 2.37. The van der Waals surface area contributed by atoms with E-state index in [1.807, 2.05) is 0 Å². The summed E-state index contributed by atoms with van der Waals surface area (Å²) in [6.07, 6.45) is 1.46. The highest BCUT2D eigenvalue weighted by molar-refractivity contribution is 5.64. The van der Waals surface area contributed by atoms with E-state index in [-0.39, 0.29) is 6.17 Å². The van der Waals surface area contributed by atoms with E-state index in [0.29, 0.717) is 0 Å². The molecule has 0 aliphatic carbocycles. The number of carboxylic acid groups (broad SMARTS) is 1. The summed E-state index contributed by atoms with van der Waals surface area (Å²) in [6.45, 7) is 2.15. The molecular weight excluding hydrogens is 144 g/mol. The van der Waals surface area contributed by atoms with Crippen LogP contribution in [0.1, 0.15) is 12.8 Å². The largest absolute Gasteiger partial charge is 0.465 e. The van der Waals surface area contributed by atoms with Crippen molar-refractivity contribution in [2.75, 3.05) is 13.1 Å². The first kappa shape index (κ1) is 6.91. The summed E-state index contributed by atoms with van der Waals surface area (Å²) in [4.78, 5) is 12.5. The lowest BCUT2D eigenvalue weighted by atomic mass is 10.0. The van der Waals surface area contributed by atoms with Crippen molar-refractivity contribution in [1.29, 1.82) is 0 Å². The van der Waals surface area contributed by atoms with E-state index >= 15 is 0 Å². The first-order valence-electron chi connectivity index (χ1n) is 3.99. The van der Waals surface area contributed by atoms with Gasteiger partial charge in [0.15, 0.2) is 0 Å². The fourth-order valence-corrected chi connectivity index (χ4v) is 2.10. The molecule has 2 N–H and O–H groups in total. The lowest BCUT2D eigenvalue weighted by Gasteiger charge is -2.23. The van der Waals surface area contributed by atoms with Crippen molar-refractivity contribution in [2.45, 2.75) is 19.0 Å². The number of amides is 1. The number of hydrogen-bond donors (Lipinski definition) is 2. The Morgan fingerprint density at radius 3 is 2.91 bits per heavy atom. The van der Waals surface area contributed by atoms with E-state index in [4.69, 9.17) is 5.11 Å². The molecule has 2 saturated heterocycles. The average molecular weight is 156 g/mol. The number of hydrogen-bond acceptors (Lipinski definition) is 2. The zero-order chi connectivity index (χ0) is 7.84. The van der Waals surface area contributed by atoms with Gasteiger partial charge in [-0.05, 0) is 18.8 Å². The highest BCUT2D eigenvalue weighted by Gasteiger charge is 2.37. The summed E-state index contributed by atoms with van der Waals surface area (Å²) >= 11 is 0. The van der Waals surface area contributed by atoms with Crippen LogP contribution in [0.5, 0.6) is 0 Å². The fourth-order valence-electron chi connectivity index (χ4n) is 2.10. The van der Waals surface area contributed by atoms with Crippen molar-refractivity contribution < 1.29 is 9.90 Å². The summed E-state index contributed by atoms with van der Waals surface area (Å²) < 4.78 is 0. The Bertz CT molecular complexity index is 183. The molecular formula is C7H12N2O2. The smallest absolute Gasteiger partial charge is 0.405 e. The van der Waals surface area contributed by atoms with Crippen molar-refractivity contribution in [1.82, 2.24) is 10.2 Å². The molecule has 2 aliphatic heterocycles. The van der Waals surface area contributed by atoms with Gasteiger partial charge in [-0.15, -0.1) is 0 Å². The molecule has 2 aliphatic rings. The average Bonchev–Trinajstić information content (AvgIpc) is 2.45. The SMILES string of the molecule is O=C(O)NC1CC2CCN1C2. The van der Waals surface area contributed by atoms with Gasteiger partial charge in [-0.2, -0.15) is 0 Å². The molecule has 4 nitrogen and oxygen atoms in total. The van der Waals surface area contributed by atoms with Gasteiger partial charge in [0.2, 0.25) is 0 Å². The predicted octanol–water partition coefficient (Wildman–Crippen LogP) is 0.306. The van der Waals surface area contributed by atoms with Crippen LogP contribution in [0.2, 0.25) is 0 Å². The van der Waals surface area contributed by atoms with Gasteiger partial charge >= 0.3 is 6.09 Å². The van der Waals surface area contributed by atoms with E-state index in [9.17, 15) is 4.79 Å². The van der Waals surface area contributed by atoms with E-state index < -0.39 is 6.09 Å². The lowest BCUT2D eigenvalue weighted by molar-refractivity contribution is 0.164. The number of rotatable bonds is 1. The quantitative estimate of drug-likeness (QED) is 0.574. The maximum atomic E-state index is 10.3. The van der Waals surface area contributed by atoms with Crippen LogP contribution in [0, 0.1) is 5.92 Å². The van der Waals surface area contributed by atoms with Gasteiger partial charge in [0.25, 0.3) is 0 Å². The second-order valence-corrected chi connectivity index (χ2v) is 3.35. The summed E-state index contributed by atoms with van der Waals surface area (Å²) in [5, 5.41) is 11.0. The van der Waals surface area contributed by atoms with Gasteiger partial charge in [0, 0.05) is 13.1 Å². The molecule has 0 aromatic heterocycles. The van der Waals surface area contributed by atoms with E-state index in [1.54, 1.807) is 0 Å². The maximum Gasteiger partial charge on any atom is 0.405 e. The molecule has 2 bridgehead atoms. The van der Waals surface area contributed by atoms with Gasteiger partial charge in [0.05, 0.1) is 6.17 Å². The molecule has 2 fully saturated rings. The molecule has 0 radical (unpaired) electrons. The molecule has 3 atom stereocenters. The van der Waals surface area contributed by atoms with Crippen LogP contribution < -0.4 is 5.32 Å². The summed E-state index contributed by atoms with van der Waals surface area (Å²) in [5.41, 5.74) is 0. The molecule has 3 unspecified atom stereocenters. The van der Waals surface area contributed by atoms with Crippen LogP contribution in [-0.2, 0) is 0 Å². The van der Waals surface area contributed by atoms with Crippen molar-refractivity contribution >= 4 is 6.09 Å². The van der Waals surface area contributed by atoms with Gasteiger partial charge < -0.3 is 10.4 Å². The zero-order valence-electron chi connectivity index (χ0n) is 6.29. The molecule has 2 heterocycles. The van der Waals surface area contributed by atoms with Gasteiger partial charge in [-0.25, -0.2) is 4.79 Å². The highest BCUT2D eigenvalue weighted by Crippen LogP contribution is 2.31. The first-order chi connectivity index (χ1) is 5.25. The van der Waals surface area contributed by atoms with Crippen molar-refractivity contribution in [3.05, 3.63) is 0 Å². The Hall–Kier alpha value is -0.770. The third-order valence-electron chi connectivity index (χ3n) is 2.60. The van der Waals surface area contributed by atoms with Crippen LogP contribution in [0.3, 0.4) is 0 Å². The van der Waals surface area contributed by atoms with Gasteiger partial charge in [0.1, 0.15) is 0 Å². The van der Waals surface area contributed by atoms with Crippen LogP contribution in [0.25, 0.3) is 0 Å². The normalized spacial score (nSPS) is 40.9. The third-order valence-corrected chi connectivity index (χ3v) is 2.60. The minimum atomic E-state index is -0.900. The topological polar surface area (TPSA) is 52.6 Å². The lowest BCUT2D eigenvalue weighted by Crippen LogP contribution is -2.44. The molecule has 11 heavy (non-hydrogen) atoms. The van der Waals surface area contributed by atoms with Crippen LogP contribution >= 0.6 is 0 Å². The zero-order valence-corrected chi connectivity index (χ0v) is 6.29. The Balaban J connectivity index is 1.92. The standard InChI is InChI=1S/C7H12N2O2/c10-7(11)8-6-3-5-1-2-9(6)4-5/h5-6,8H,1-4H2,(H,10,11). The minimum absolute atomic E-state index is 0.103. The predicted molar refractivity (Wildman–Crippen MR) is 39.2 cm³/mol. The van der Waals surface area contributed by atoms with E-state index in [1.165, 1.54) is 6.42 Å². The molecule has 4 heteroatoms. The monoisotopic (exact) mass is 156 g/mol. The Kier molecular flexibility index (Phi) is 1.49. The molecule has 1 amide bonds. The molecule has 0 aromatic carbocycles. The number of fused-ring (bicyclic) bond motifs is 2. The molecule has 0 aromatic rings. The van der Waals surface area contributed by atoms with Crippen molar-refractivity contribution in [2.24, 2.45) is 5.92 Å². The molecule has 62 valence electrons. The van der Waals surface area contributed by atoms with Gasteiger partial charge in [-0.1, -0.05) is 0 Å². The highest BCUT2D eigenvalue weighted by atomic mass is 16.4. The van der Waals surface area contributed by atoms with Crippen molar-refractivity contribution in [3.63, 3.8) is 0 Å². The molecule has 0 saturated carbocycles. The van der Waals surface area contributed by atoms with Gasteiger partial charge in [-0.3, -0.25) is 4.90 Å². The Morgan fingerprint density at radius 2 is 2.45 bits per heavy atom. The summed E-state index contributed by atoms with van der Waals surface area (Å²) in [5.74, 6) is 0.742. The number of carbonyl (C=O) groups is 1. The maximum absolute atomic E-state index is 10.3. The van der Waals surface area contributed by atoms with Crippen LogP contribution in [0.4, 0.5) is 4.79 Å². The fraction of sp³-hybridized carbons (Fsp3) is 0.857. The number of piperidine rings is 1. The first-order valence-corrected chi connectivity index (χ1v) is 3.99. The summed E-state index contributed by atoms with van der Waals surface area (Å²) in [6, 6.07) is 0. The minimum Gasteiger partial charge on any atom is -0.465 e. The second-order valence-electron chi connectivity index (χ2n) is 3.35. The van der Waals surface area contributed by atoms with E-state index in [0.717, 1.165) is 25.4 Å².